The summed E-state index contributed by atoms with van der Waals surface area (Å²) in [5.74, 6) is 2.97. The maximum atomic E-state index is 12.9. The average molecular weight is 415 g/mol. The smallest absolute Gasteiger partial charge is 0.387 e. The highest BCUT2D eigenvalue weighted by atomic mass is 19.3. The number of benzene rings is 2. The van der Waals surface area contributed by atoms with Gasteiger partial charge in [0.1, 0.15) is 0 Å². The minimum absolute atomic E-state index is 0.0608. The summed E-state index contributed by atoms with van der Waals surface area (Å²) in [5.41, 5.74) is 3.55. The minimum Gasteiger partial charge on any atom is -0.490 e. The second-order valence-electron chi connectivity index (χ2n) is 7.62. The van der Waals surface area contributed by atoms with Gasteiger partial charge in [-0.15, -0.1) is 0 Å². The Morgan fingerprint density at radius 2 is 2.00 bits per heavy atom. The Kier molecular flexibility index (Phi) is 6.06. The number of alkyl halides is 2. The van der Waals surface area contributed by atoms with Crippen molar-refractivity contribution in [3.8, 4) is 11.5 Å². The number of nitrogens with one attached hydrogen (secondary N) is 2. The molecule has 0 aliphatic heterocycles. The summed E-state index contributed by atoms with van der Waals surface area (Å²) in [7, 11) is 1.70. The molecule has 1 fully saturated rings. The molecule has 2 aromatic rings. The summed E-state index contributed by atoms with van der Waals surface area (Å²) in [6, 6.07) is 13.8. The fourth-order valence-corrected chi connectivity index (χ4v) is 4.57. The highest BCUT2D eigenvalue weighted by Crippen LogP contribution is 2.60. The number of aliphatic imine (C=N–C) groups is 1. The van der Waals surface area contributed by atoms with Gasteiger partial charge in [-0.3, -0.25) is 4.99 Å². The van der Waals surface area contributed by atoms with Gasteiger partial charge in [0.2, 0.25) is 0 Å². The number of guanidine groups is 1. The summed E-state index contributed by atoms with van der Waals surface area (Å²) in [6.07, 6.45) is 1.15. The molecule has 7 heteroatoms. The molecule has 160 valence electrons. The van der Waals surface area contributed by atoms with Crippen molar-refractivity contribution < 1.29 is 18.3 Å². The summed E-state index contributed by atoms with van der Waals surface area (Å²) >= 11 is 0. The molecule has 30 heavy (non-hydrogen) atoms. The Bertz CT molecular complexity index is 919. The van der Waals surface area contributed by atoms with E-state index in [9.17, 15) is 8.78 Å². The quantitative estimate of drug-likeness (QED) is 0.507. The zero-order valence-electron chi connectivity index (χ0n) is 17.2. The number of halogens is 2. The van der Waals surface area contributed by atoms with Gasteiger partial charge in [-0.05, 0) is 48.3 Å². The van der Waals surface area contributed by atoms with Crippen LogP contribution < -0.4 is 20.1 Å². The first-order chi connectivity index (χ1) is 14.6. The van der Waals surface area contributed by atoms with E-state index in [1.165, 1.54) is 11.1 Å². The van der Waals surface area contributed by atoms with Crippen molar-refractivity contribution in [3.63, 3.8) is 0 Å². The van der Waals surface area contributed by atoms with Crippen LogP contribution in [0.1, 0.15) is 29.5 Å². The van der Waals surface area contributed by atoms with E-state index in [0.717, 1.165) is 13.0 Å². The molecule has 0 heterocycles. The fraction of sp³-hybridized carbons (Fsp3) is 0.435. The van der Waals surface area contributed by atoms with E-state index < -0.39 is 6.61 Å². The topological polar surface area (TPSA) is 54.9 Å². The highest BCUT2D eigenvalue weighted by molar-refractivity contribution is 5.79. The van der Waals surface area contributed by atoms with Crippen molar-refractivity contribution in [3.05, 3.63) is 59.2 Å². The molecular formula is C23H27F2N3O2. The first kappa shape index (κ1) is 20.4. The summed E-state index contributed by atoms with van der Waals surface area (Å²) in [5, 5.41) is 6.57. The second-order valence-corrected chi connectivity index (χ2v) is 7.62. The molecule has 2 aromatic carbocycles. The summed E-state index contributed by atoms with van der Waals surface area (Å²) in [4.78, 5) is 4.26. The SMILES string of the molecule is CCOc1cccc(CNC(=NC)NCC2C3Cc4ccccc4C23)c1OC(F)F. The van der Waals surface area contributed by atoms with Gasteiger partial charge >= 0.3 is 6.61 Å². The molecule has 5 nitrogen and oxygen atoms in total. The molecule has 2 N–H and O–H groups in total. The molecule has 2 aliphatic rings. The zero-order chi connectivity index (χ0) is 21.1. The van der Waals surface area contributed by atoms with Crippen LogP contribution >= 0.6 is 0 Å². The van der Waals surface area contributed by atoms with Gasteiger partial charge in [-0.25, -0.2) is 0 Å². The zero-order valence-corrected chi connectivity index (χ0v) is 17.2. The molecule has 2 aliphatic carbocycles. The molecule has 4 rings (SSSR count). The van der Waals surface area contributed by atoms with Crippen LogP contribution in [0.4, 0.5) is 8.78 Å². The van der Waals surface area contributed by atoms with Crippen molar-refractivity contribution in [1.82, 2.24) is 10.6 Å². The molecule has 0 amide bonds. The third-order valence-corrected chi connectivity index (χ3v) is 5.94. The van der Waals surface area contributed by atoms with Crippen LogP contribution in [0, 0.1) is 11.8 Å². The largest absolute Gasteiger partial charge is 0.490 e. The van der Waals surface area contributed by atoms with Gasteiger partial charge in [0.25, 0.3) is 0 Å². The van der Waals surface area contributed by atoms with Crippen LogP contribution in [0.2, 0.25) is 0 Å². The van der Waals surface area contributed by atoms with Crippen LogP contribution in [0.15, 0.2) is 47.5 Å². The van der Waals surface area contributed by atoms with E-state index in [1.807, 2.05) is 0 Å². The summed E-state index contributed by atoms with van der Waals surface area (Å²) in [6.45, 7) is 0.382. The van der Waals surface area contributed by atoms with Crippen molar-refractivity contribution in [2.45, 2.75) is 32.4 Å². The fourth-order valence-electron chi connectivity index (χ4n) is 4.57. The van der Waals surface area contributed by atoms with Crippen LogP contribution in [0.5, 0.6) is 11.5 Å². The van der Waals surface area contributed by atoms with E-state index >= 15 is 0 Å². The van der Waals surface area contributed by atoms with Crippen molar-refractivity contribution in [1.29, 1.82) is 0 Å². The normalized spacial score (nSPS) is 21.8. The van der Waals surface area contributed by atoms with Crippen molar-refractivity contribution >= 4 is 5.96 Å². The first-order valence-corrected chi connectivity index (χ1v) is 10.3. The predicted octanol–water partition coefficient (Wildman–Crippen LogP) is 3.94. The van der Waals surface area contributed by atoms with Gasteiger partial charge in [0.15, 0.2) is 17.5 Å². The number of rotatable bonds is 8. The Labute approximate surface area is 175 Å². The lowest BCUT2D eigenvalue weighted by atomic mass is 10.0. The molecule has 0 bridgehead atoms. The third kappa shape index (κ3) is 4.20. The lowest BCUT2D eigenvalue weighted by molar-refractivity contribution is -0.0520. The Morgan fingerprint density at radius 1 is 1.17 bits per heavy atom. The number of hydrogen-bond donors (Lipinski definition) is 2. The van der Waals surface area contributed by atoms with E-state index in [2.05, 4.69) is 39.9 Å². The molecule has 3 atom stereocenters. The molecule has 1 saturated carbocycles. The number of ether oxygens (including phenoxy) is 2. The molecule has 0 saturated heterocycles. The maximum Gasteiger partial charge on any atom is 0.387 e. The Balaban J connectivity index is 1.34. The monoisotopic (exact) mass is 415 g/mol. The van der Waals surface area contributed by atoms with Crippen LogP contribution in [0.25, 0.3) is 0 Å². The van der Waals surface area contributed by atoms with Crippen molar-refractivity contribution in [2.75, 3.05) is 20.2 Å². The predicted molar refractivity (Wildman–Crippen MR) is 112 cm³/mol. The van der Waals surface area contributed by atoms with Gasteiger partial charge in [0, 0.05) is 25.7 Å². The van der Waals surface area contributed by atoms with Gasteiger partial charge < -0.3 is 20.1 Å². The number of hydrogen-bond acceptors (Lipinski definition) is 3. The standard InChI is InChI=1S/C23H27F2N3O2/c1-3-29-19-10-6-8-15(21(19)30-22(24)25)12-27-23(26-2)28-13-18-17-11-14-7-4-5-9-16(14)20(17)18/h4-10,17-18,20,22H,3,11-13H2,1-2H3,(H2,26,27,28). The Morgan fingerprint density at radius 3 is 2.77 bits per heavy atom. The lowest BCUT2D eigenvalue weighted by Crippen LogP contribution is -2.38. The average Bonchev–Trinajstić information content (AvgIpc) is 3.27. The van der Waals surface area contributed by atoms with Crippen molar-refractivity contribution in [2.24, 2.45) is 16.8 Å². The molecule has 0 aromatic heterocycles. The van der Waals surface area contributed by atoms with E-state index in [-0.39, 0.29) is 5.75 Å². The third-order valence-electron chi connectivity index (χ3n) is 5.94. The van der Waals surface area contributed by atoms with Crippen LogP contribution in [-0.4, -0.2) is 32.8 Å². The van der Waals surface area contributed by atoms with E-state index in [4.69, 9.17) is 9.47 Å². The van der Waals surface area contributed by atoms with E-state index in [0.29, 0.717) is 48.2 Å². The van der Waals surface area contributed by atoms with Gasteiger partial charge in [0.05, 0.1) is 6.61 Å². The maximum absolute atomic E-state index is 12.9. The lowest BCUT2D eigenvalue weighted by Gasteiger charge is -2.17. The second kappa shape index (κ2) is 8.90. The summed E-state index contributed by atoms with van der Waals surface area (Å²) < 4.78 is 35.9. The molecule has 0 radical (unpaired) electrons. The first-order valence-electron chi connectivity index (χ1n) is 10.3. The van der Waals surface area contributed by atoms with Gasteiger partial charge in [-0.1, -0.05) is 36.4 Å². The van der Waals surface area contributed by atoms with Crippen LogP contribution in [0.3, 0.4) is 0 Å². The number of nitrogens with zero attached hydrogens (tertiary/aromatic N) is 1. The highest BCUT2D eigenvalue weighted by Gasteiger charge is 2.54. The molecule has 3 unspecified atom stereocenters. The Hall–Kier alpha value is -2.83. The minimum atomic E-state index is -2.92. The van der Waals surface area contributed by atoms with E-state index in [1.54, 1.807) is 32.2 Å². The number of para-hydroxylation sites is 1. The number of fused-ring (bicyclic) bond motifs is 3. The van der Waals surface area contributed by atoms with Gasteiger partial charge in [-0.2, -0.15) is 8.78 Å². The molecular weight excluding hydrogens is 388 g/mol. The van der Waals surface area contributed by atoms with Crippen LogP contribution in [-0.2, 0) is 13.0 Å². The molecule has 0 spiro atoms.